The van der Waals surface area contributed by atoms with E-state index in [1.165, 1.54) is 0 Å². The molecular weight excluding hydrogens is 267 g/mol. The van der Waals surface area contributed by atoms with Gasteiger partial charge in [0.2, 0.25) is 0 Å². The smallest absolute Gasteiger partial charge is 0.165 e. The van der Waals surface area contributed by atoms with Crippen molar-refractivity contribution in [2.75, 3.05) is 25.7 Å². The van der Waals surface area contributed by atoms with Gasteiger partial charge in [0, 0.05) is 22.4 Å². The Hall–Kier alpha value is -0.250. The van der Waals surface area contributed by atoms with Crippen LogP contribution in [0.25, 0.3) is 0 Å². The maximum Gasteiger partial charge on any atom is 0.165 e. The van der Waals surface area contributed by atoms with Gasteiger partial charge in [0.1, 0.15) is 0 Å². The van der Waals surface area contributed by atoms with Gasteiger partial charge in [-0.25, -0.2) is 0 Å². The number of thioether (sulfide) groups is 1. The van der Waals surface area contributed by atoms with Crippen molar-refractivity contribution in [3.8, 4) is 11.5 Å². The molecule has 1 rings (SSSR count). The van der Waals surface area contributed by atoms with Crippen molar-refractivity contribution >= 4 is 35.0 Å². The first-order valence-electron chi connectivity index (χ1n) is 4.77. The molecule has 1 aromatic rings. The molecule has 0 aromatic heterocycles. The molecule has 0 aliphatic carbocycles. The van der Waals surface area contributed by atoms with E-state index in [9.17, 15) is 0 Å². The Balaban J connectivity index is 2.93. The van der Waals surface area contributed by atoms with Crippen LogP contribution in [-0.4, -0.2) is 25.7 Å². The first-order chi connectivity index (χ1) is 7.72. The summed E-state index contributed by atoms with van der Waals surface area (Å²) in [6.45, 7) is 0.628. The Morgan fingerprint density at radius 3 is 2.69 bits per heavy atom. The quantitative estimate of drug-likeness (QED) is 0.583. The lowest BCUT2D eigenvalue weighted by Gasteiger charge is -2.14. The van der Waals surface area contributed by atoms with Gasteiger partial charge in [0.25, 0.3) is 0 Å². The third kappa shape index (κ3) is 3.65. The van der Waals surface area contributed by atoms with Crippen LogP contribution in [0.3, 0.4) is 0 Å². The summed E-state index contributed by atoms with van der Waals surface area (Å²) < 4.78 is 10.9. The Morgan fingerprint density at radius 1 is 1.38 bits per heavy atom. The Bertz CT molecular complexity index is 320. The van der Waals surface area contributed by atoms with E-state index < -0.39 is 0 Å². The molecule has 0 atom stereocenters. The minimum Gasteiger partial charge on any atom is -0.493 e. The molecule has 90 valence electrons. The van der Waals surface area contributed by atoms with Crippen molar-refractivity contribution in [1.29, 1.82) is 0 Å². The van der Waals surface area contributed by atoms with E-state index in [1.807, 2.05) is 6.26 Å². The van der Waals surface area contributed by atoms with E-state index in [-0.39, 0.29) is 0 Å². The molecule has 0 amide bonds. The summed E-state index contributed by atoms with van der Waals surface area (Å²) in [5.41, 5.74) is 0.854. The van der Waals surface area contributed by atoms with Gasteiger partial charge in [0.05, 0.1) is 19.6 Å². The van der Waals surface area contributed by atoms with Gasteiger partial charge >= 0.3 is 0 Å². The number of alkyl halides is 1. The number of hydrogen-bond donors (Lipinski definition) is 0. The molecule has 0 spiro atoms. The van der Waals surface area contributed by atoms with Crippen molar-refractivity contribution in [3.63, 3.8) is 0 Å². The van der Waals surface area contributed by atoms with E-state index in [2.05, 4.69) is 0 Å². The molecule has 1 aromatic carbocycles. The van der Waals surface area contributed by atoms with Crippen molar-refractivity contribution in [2.24, 2.45) is 0 Å². The molecule has 0 N–H and O–H groups in total. The maximum atomic E-state index is 5.94. The fraction of sp³-hybridized carbons (Fsp3) is 0.455. The zero-order valence-electron chi connectivity index (χ0n) is 9.26. The van der Waals surface area contributed by atoms with E-state index in [1.54, 1.807) is 31.0 Å². The van der Waals surface area contributed by atoms with Crippen molar-refractivity contribution in [1.82, 2.24) is 0 Å². The van der Waals surface area contributed by atoms with Crippen LogP contribution in [0.1, 0.15) is 5.56 Å². The molecule has 0 heterocycles. The van der Waals surface area contributed by atoms with Gasteiger partial charge < -0.3 is 9.47 Å². The molecule has 0 radical (unpaired) electrons. The predicted octanol–water partition coefficient (Wildman–Crippen LogP) is 3.83. The second-order valence-electron chi connectivity index (χ2n) is 3.07. The van der Waals surface area contributed by atoms with Crippen LogP contribution in [-0.2, 0) is 5.88 Å². The second-order valence-corrected chi connectivity index (χ2v) is 4.76. The van der Waals surface area contributed by atoms with Crippen LogP contribution in [0.5, 0.6) is 11.5 Å². The Kier molecular flexibility index (Phi) is 6.17. The van der Waals surface area contributed by atoms with Gasteiger partial charge in [-0.1, -0.05) is 11.6 Å². The largest absolute Gasteiger partial charge is 0.493 e. The van der Waals surface area contributed by atoms with Crippen molar-refractivity contribution in [2.45, 2.75) is 5.88 Å². The van der Waals surface area contributed by atoms with Gasteiger partial charge in [-0.05, 0) is 12.3 Å². The number of ether oxygens (including phenoxy) is 2. The summed E-state index contributed by atoms with van der Waals surface area (Å²) in [6.07, 6.45) is 2.03. The average Bonchev–Trinajstić information content (AvgIpc) is 2.30. The van der Waals surface area contributed by atoms with Gasteiger partial charge in [0.15, 0.2) is 11.5 Å². The molecule has 0 bridgehead atoms. The van der Waals surface area contributed by atoms with Crippen molar-refractivity contribution < 1.29 is 9.47 Å². The Labute approximate surface area is 110 Å². The molecule has 0 saturated heterocycles. The molecule has 2 nitrogen and oxygen atoms in total. The van der Waals surface area contributed by atoms with Crippen LogP contribution >= 0.6 is 35.0 Å². The molecule has 0 aliphatic heterocycles. The summed E-state index contributed by atoms with van der Waals surface area (Å²) in [5.74, 6) is 2.60. The number of hydrogen-bond acceptors (Lipinski definition) is 3. The minimum absolute atomic E-state index is 0.353. The van der Waals surface area contributed by atoms with Crippen LogP contribution in [0.15, 0.2) is 12.1 Å². The number of halogens is 2. The molecule has 0 saturated carbocycles. The van der Waals surface area contributed by atoms with E-state index in [0.29, 0.717) is 29.0 Å². The summed E-state index contributed by atoms with van der Waals surface area (Å²) >= 11 is 13.5. The van der Waals surface area contributed by atoms with E-state index >= 15 is 0 Å². The first kappa shape index (κ1) is 13.8. The highest BCUT2D eigenvalue weighted by Gasteiger charge is 2.11. The van der Waals surface area contributed by atoms with Crippen molar-refractivity contribution in [3.05, 3.63) is 22.7 Å². The highest BCUT2D eigenvalue weighted by Crippen LogP contribution is 2.35. The monoisotopic (exact) mass is 280 g/mol. The topological polar surface area (TPSA) is 18.5 Å². The highest BCUT2D eigenvalue weighted by molar-refractivity contribution is 7.98. The molecule has 5 heteroatoms. The number of rotatable bonds is 6. The second kappa shape index (κ2) is 7.15. The zero-order chi connectivity index (χ0) is 12.0. The van der Waals surface area contributed by atoms with Crippen LogP contribution in [0, 0.1) is 0 Å². The summed E-state index contributed by atoms with van der Waals surface area (Å²) in [7, 11) is 1.59. The standard InChI is InChI=1S/C11H14Cl2O2S/c1-14-10-6-9(13)5-8(7-12)11(10)15-3-4-16-2/h5-6H,3-4,7H2,1-2H3. The maximum absolute atomic E-state index is 5.94. The highest BCUT2D eigenvalue weighted by atomic mass is 35.5. The summed E-state index contributed by atoms with van der Waals surface area (Å²) in [6, 6.07) is 3.53. The first-order valence-corrected chi connectivity index (χ1v) is 7.07. The lowest BCUT2D eigenvalue weighted by atomic mass is 10.2. The lowest BCUT2D eigenvalue weighted by Crippen LogP contribution is -2.03. The van der Waals surface area contributed by atoms with Crippen LogP contribution in [0.4, 0.5) is 0 Å². The molecule has 0 aliphatic rings. The lowest BCUT2D eigenvalue weighted by molar-refractivity contribution is 0.311. The van der Waals surface area contributed by atoms with E-state index in [4.69, 9.17) is 32.7 Å². The molecule has 16 heavy (non-hydrogen) atoms. The molecular formula is C11H14Cl2O2S. The fourth-order valence-electron chi connectivity index (χ4n) is 1.26. The SMILES string of the molecule is COc1cc(Cl)cc(CCl)c1OCCSC. The Morgan fingerprint density at radius 2 is 2.12 bits per heavy atom. The fourth-order valence-corrected chi connectivity index (χ4v) is 1.94. The average molecular weight is 281 g/mol. The normalized spacial score (nSPS) is 10.2. The zero-order valence-corrected chi connectivity index (χ0v) is 11.6. The van der Waals surface area contributed by atoms with Gasteiger partial charge in [-0.3, -0.25) is 0 Å². The predicted molar refractivity (Wildman–Crippen MR) is 71.4 cm³/mol. The third-order valence-corrected chi connectivity index (χ3v) is 3.08. The van der Waals surface area contributed by atoms with Crippen LogP contribution < -0.4 is 9.47 Å². The van der Waals surface area contributed by atoms with Gasteiger partial charge in [-0.15, -0.1) is 11.6 Å². The van der Waals surface area contributed by atoms with Crippen LogP contribution in [0.2, 0.25) is 5.02 Å². The molecule has 0 unspecified atom stereocenters. The number of benzene rings is 1. The minimum atomic E-state index is 0.353. The third-order valence-electron chi connectivity index (χ3n) is 1.99. The summed E-state index contributed by atoms with van der Waals surface area (Å²) in [5, 5.41) is 0.602. The number of methoxy groups -OCH3 is 1. The summed E-state index contributed by atoms with van der Waals surface area (Å²) in [4.78, 5) is 0. The van der Waals surface area contributed by atoms with E-state index in [0.717, 1.165) is 11.3 Å². The van der Waals surface area contributed by atoms with Gasteiger partial charge in [-0.2, -0.15) is 11.8 Å². The molecule has 0 fully saturated rings.